The minimum absolute atomic E-state index is 0.105. The summed E-state index contributed by atoms with van der Waals surface area (Å²) in [5.41, 5.74) is 0.940. The Morgan fingerprint density at radius 2 is 2.26 bits per heavy atom. The molecule has 1 aromatic carbocycles. The van der Waals surface area contributed by atoms with Crippen LogP contribution in [-0.4, -0.2) is 23.9 Å². The third kappa shape index (κ3) is 3.50. The smallest absolute Gasteiger partial charge is 0.148 e. The lowest BCUT2D eigenvalue weighted by Crippen LogP contribution is -2.53. The molecule has 0 radical (unpaired) electrons. The Kier molecular flexibility index (Phi) is 4.87. The van der Waals surface area contributed by atoms with Crippen LogP contribution in [0.25, 0.3) is 0 Å². The van der Waals surface area contributed by atoms with E-state index in [0.717, 1.165) is 28.6 Å². The molecule has 0 amide bonds. The summed E-state index contributed by atoms with van der Waals surface area (Å²) < 4.78 is 6.54. The molecule has 0 bridgehead atoms. The summed E-state index contributed by atoms with van der Waals surface area (Å²) in [6, 6.07) is 5.86. The molecule has 0 aromatic heterocycles. The zero-order valence-electron chi connectivity index (χ0n) is 10.8. The number of hydrogen-bond acceptors (Lipinski definition) is 3. The van der Waals surface area contributed by atoms with E-state index < -0.39 is 0 Å². The van der Waals surface area contributed by atoms with Crippen LogP contribution in [0.5, 0.6) is 5.75 Å². The molecular formula is C15H18BrNO2. The van der Waals surface area contributed by atoms with E-state index in [1.807, 2.05) is 18.2 Å². The van der Waals surface area contributed by atoms with Crippen LogP contribution in [0.2, 0.25) is 0 Å². The third-order valence-corrected chi connectivity index (χ3v) is 4.09. The topological polar surface area (TPSA) is 41.5 Å². The molecule has 3 nitrogen and oxygen atoms in total. The number of benzene rings is 1. The van der Waals surface area contributed by atoms with E-state index >= 15 is 0 Å². The molecule has 1 aromatic rings. The average molecular weight is 324 g/mol. The van der Waals surface area contributed by atoms with Gasteiger partial charge in [-0.1, -0.05) is 21.9 Å². The van der Waals surface area contributed by atoms with Crippen LogP contribution in [0.1, 0.15) is 24.8 Å². The van der Waals surface area contributed by atoms with Gasteiger partial charge in [0.05, 0.1) is 6.61 Å². The van der Waals surface area contributed by atoms with Gasteiger partial charge in [-0.3, -0.25) is 0 Å². The highest BCUT2D eigenvalue weighted by Crippen LogP contribution is 2.32. The quantitative estimate of drug-likeness (QED) is 0.790. The van der Waals surface area contributed by atoms with Gasteiger partial charge in [-0.2, -0.15) is 0 Å². The zero-order valence-corrected chi connectivity index (χ0v) is 12.4. The van der Waals surface area contributed by atoms with Gasteiger partial charge in [0.1, 0.15) is 12.4 Å². The number of rotatable bonds is 6. The Hall–Kier alpha value is -1.02. The molecule has 0 unspecified atom stereocenters. The first-order valence-corrected chi connectivity index (χ1v) is 7.19. The van der Waals surface area contributed by atoms with Crippen molar-refractivity contribution in [2.75, 3.05) is 13.2 Å². The van der Waals surface area contributed by atoms with Crippen molar-refractivity contribution in [3.8, 4) is 18.1 Å². The Bertz CT molecular complexity index is 472. The fourth-order valence-electron chi connectivity index (χ4n) is 2.22. The predicted molar refractivity (Wildman–Crippen MR) is 79.0 cm³/mol. The summed E-state index contributed by atoms with van der Waals surface area (Å²) in [7, 11) is 0. The number of nitrogens with one attached hydrogen (secondary N) is 1. The monoisotopic (exact) mass is 323 g/mol. The Labute approximate surface area is 122 Å². The normalized spacial score (nSPS) is 16.5. The Morgan fingerprint density at radius 1 is 1.47 bits per heavy atom. The van der Waals surface area contributed by atoms with Crippen molar-refractivity contribution in [2.24, 2.45) is 0 Å². The fourth-order valence-corrected chi connectivity index (χ4v) is 2.63. The maximum absolute atomic E-state index is 9.45. The van der Waals surface area contributed by atoms with Crippen LogP contribution >= 0.6 is 15.9 Å². The first-order valence-electron chi connectivity index (χ1n) is 6.40. The van der Waals surface area contributed by atoms with Gasteiger partial charge in [-0.15, -0.1) is 6.42 Å². The SMILES string of the molecule is C#CCOc1ccc(Br)cc1CNC1(CO)CCC1. The average Bonchev–Trinajstić information content (AvgIpc) is 2.37. The van der Waals surface area contributed by atoms with Crippen molar-refractivity contribution in [2.45, 2.75) is 31.3 Å². The third-order valence-electron chi connectivity index (χ3n) is 3.60. The molecular weight excluding hydrogens is 306 g/mol. The van der Waals surface area contributed by atoms with E-state index in [2.05, 4.69) is 27.2 Å². The standard InChI is InChI=1S/C15H18BrNO2/c1-2-8-19-14-5-4-13(16)9-12(14)10-17-15(11-18)6-3-7-15/h1,4-5,9,17-18H,3,6-8,10-11H2. The van der Waals surface area contributed by atoms with Gasteiger partial charge in [0.15, 0.2) is 0 Å². The first kappa shape index (κ1) is 14.4. The second-order valence-corrected chi connectivity index (χ2v) is 5.81. The summed E-state index contributed by atoms with van der Waals surface area (Å²) in [6.07, 6.45) is 8.44. The predicted octanol–water partition coefficient (Wildman–Crippen LogP) is 2.47. The van der Waals surface area contributed by atoms with Gasteiger partial charge in [0.2, 0.25) is 0 Å². The highest BCUT2D eigenvalue weighted by Gasteiger charge is 2.35. The Morgan fingerprint density at radius 3 is 2.84 bits per heavy atom. The molecule has 2 N–H and O–H groups in total. The van der Waals surface area contributed by atoms with Crippen LogP contribution in [0.15, 0.2) is 22.7 Å². The minimum Gasteiger partial charge on any atom is -0.481 e. The number of terminal acetylenes is 1. The lowest BCUT2D eigenvalue weighted by Gasteiger charge is -2.41. The zero-order chi connectivity index (χ0) is 13.7. The van der Waals surface area contributed by atoms with Crippen molar-refractivity contribution in [3.63, 3.8) is 0 Å². The summed E-state index contributed by atoms with van der Waals surface area (Å²) in [5, 5.41) is 12.9. The van der Waals surface area contributed by atoms with Gasteiger partial charge in [-0.05, 0) is 37.5 Å². The summed E-state index contributed by atoms with van der Waals surface area (Å²) in [4.78, 5) is 0. The van der Waals surface area contributed by atoms with Crippen molar-refractivity contribution < 1.29 is 9.84 Å². The number of ether oxygens (including phenoxy) is 1. The number of halogens is 1. The lowest BCUT2D eigenvalue weighted by molar-refractivity contribution is 0.0869. The molecule has 4 heteroatoms. The van der Waals surface area contributed by atoms with E-state index in [4.69, 9.17) is 11.2 Å². The maximum atomic E-state index is 9.45. The van der Waals surface area contributed by atoms with Crippen LogP contribution in [0.3, 0.4) is 0 Å². The summed E-state index contributed by atoms with van der Waals surface area (Å²) in [5.74, 6) is 3.26. The van der Waals surface area contributed by atoms with Gasteiger partial charge in [0, 0.05) is 22.1 Å². The van der Waals surface area contributed by atoms with Crippen LogP contribution < -0.4 is 10.1 Å². The van der Waals surface area contributed by atoms with Crippen LogP contribution in [-0.2, 0) is 6.54 Å². The molecule has 1 aliphatic rings. The molecule has 0 aliphatic heterocycles. The molecule has 0 atom stereocenters. The van der Waals surface area contributed by atoms with E-state index in [-0.39, 0.29) is 18.8 Å². The number of aliphatic hydroxyl groups excluding tert-OH is 1. The largest absolute Gasteiger partial charge is 0.481 e. The lowest BCUT2D eigenvalue weighted by atomic mass is 9.77. The van der Waals surface area contributed by atoms with Crippen molar-refractivity contribution in [1.29, 1.82) is 0 Å². The van der Waals surface area contributed by atoms with Gasteiger partial charge >= 0.3 is 0 Å². The van der Waals surface area contributed by atoms with Crippen molar-refractivity contribution in [1.82, 2.24) is 5.32 Å². The van der Waals surface area contributed by atoms with E-state index in [1.54, 1.807) is 0 Å². The second-order valence-electron chi connectivity index (χ2n) is 4.89. The van der Waals surface area contributed by atoms with Crippen molar-refractivity contribution >= 4 is 15.9 Å². The Balaban J connectivity index is 2.05. The van der Waals surface area contributed by atoms with Gasteiger partial charge < -0.3 is 15.2 Å². The second kappa shape index (κ2) is 6.42. The fraction of sp³-hybridized carbons (Fsp3) is 0.467. The molecule has 1 aliphatic carbocycles. The maximum Gasteiger partial charge on any atom is 0.148 e. The highest BCUT2D eigenvalue weighted by molar-refractivity contribution is 9.10. The van der Waals surface area contributed by atoms with Crippen LogP contribution in [0.4, 0.5) is 0 Å². The molecule has 0 heterocycles. The van der Waals surface area contributed by atoms with Crippen LogP contribution in [0, 0.1) is 12.3 Å². The molecule has 0 saturated heterocycles. The molecule has 102 valence electrons. The van der Waals surface area contributed by atoms with Gasteiger partial charge in [-0.25, -0.2) is 0 Å². The minimum atomic E-state index is -0.105. The van der Waals surface area contributed by atoms with E-state index in [0.29, 0.717) is 6.54 Å². The molecule has 19 heavy (non-hydrogen) atoms. The molecule has 2 rings (SSSR count). The molecule has 1 fully saturated rings. The summed E-state index contributed by atoms with van der Waals surface area (Å²) >= 11 is 3.46. The molecule has 1 saturated carbocycles. The summed E-state index contributed by atoms with van der Waals surface area (Å²) in [6.45, 7) is 1.11. The number of hydrogen-bond donors (Lipinski definition) is 2. The van der Waals surface area contributed by atoms with Crippen molar-refractivity contribution in [3.05, 3.63) is 28.2 Å². The number of aliphatic hydroxyl groups is 1. The van der Waals surface area contributed by atoms with E-state index in [9.17, 15) is 5.11 Å². The van der Waals surface area contributed by atoms with E-state index in [1.165, 1.54) is 6.42 Å². The first-order chi connectivity index (χ1) is 9.19. The molecule has 0 spiro atoms. The van der Waals surface area contributed by atoms with Gasteiger partial charge in [0.25, 0.3) is 0 Å². The highest BCUT2D eigenvalue weighted by atomic mass is 79.9.